The molecule has 1 saturated heterocycles. The van der Waals surface area contributed by atoms with Gasteiger partial charge in [0.05, 0.1) is 30.2 Å². The molecule has 2 amide bonds. The maximum absolute atomic E-state index is 14.4. The average Bonchev–Trinajstić information content (AvgIpc) is 3.86. The number of para-hydroxylation sites is 1. The van der Waals surface area contributed by atoms with E-state index in [0.717, 1.165) is 17.2 Å². The van der Waals surface area contributed by atoms with Crippen molar-refractivity contribution in [1.29, 1.82) is 0 Å². The van der Waals surface area contributed by atoms with Crippen LogP contribution in [-0.2, 0) is 35.3 Å². The summed E-state index contributed by atoms with van der Waals surface area (Å²) in [5, 5.41) is 7.35. The number of piperazine rings is 1. The molecule has 0 atom stereocenters. The van der Waals surface area contributed by atoms with Crippen LogP contribution in [0.3, 0.4) is 0 Å². The molecule has 0 radical (unpaired) electrons. The Kier molecular flexibility index (Phi) is 10.4. The molecule has 1 fully saturated rings. The topological polar surface area (TPSA) is 162 Å². The Morgan fingerprint density at radius 1 is 1.02 bits per heavy atom. The van der Waals surface area contributed by atoms with Crippen LogP contribution >= 0.6 is 0 Å². The number of amides is 2. The highest BCUT2D eigenvalue weighted by molar-refractivity contribution is 5.95. The maximum atomic E-state index is 14.4. The fraction of sp³-hybridized carbons (Fsp3) is 0.325. The molecule has 4 aromatic heterocycles. The van der Waals surface area contributed by atoms with E-state index in [2.05, 4.69) is 20.4 Å². The standard InChI is InChI=1S/C40H38F3N9O6/c1-3-29-33(49-14-16-50(17-15-49)37(54)32-34(24(2)44-23-45-32)57-22-25-8-5-4-6-9-25)38(55)52-39(47-36(48-52)26-12-18-56-19-13-26)51(29)21-30(53)46-31-20-27-10-7-11-28(35(27)58-31)40(41,42)43/h4-12,20,23H,3,13-19,21-22H2,1-2H3,(H,46,53). The van der Waals surface area contributed by atoms with E-state index in [-0.39, 0.29) is 73.7 Å². The molecule has 0 aliphatic carbocycles. The minimum Gasteiger partial charge on any atom is -0.485 e. The summed E-state index contributed by atoms with van der Waals surface area (Å²) >= 11 is 0. The van der Waals surface area contributed by atoms with Crippen LogP contribution in [0.5, 0.6) is 5.75 Å². The molecule has 58 heavy (non-hydrogen) atoms. The number of hydrogen-bond donors (Lipinski definition) is 1. The van der Waals surface area contributed by atoms with Crippen molar-refractivity contribution in [3.05, 3.63) is 111 Å². The summed E-state index contributed by atoms with van der Waals surface area (Å²) in [7, 11) is 0. The van der Waals surface area contributed by atoms with Crippen molar-refractivity contribution in [2.24, 2.45) is 0 Å². The van der Waals surface area contributed by atoms with Crippen LogP contribution in [0.4, 0.5) is 24.7 Å². The minimum absolute atomic E-state index is 0.114. The first-order chi connectivity index (χ1) is 28.0. The van der Waals surface area contributed by atoms with Crippen LogP contribution in [0, 0.1) is 6.92 Å². The first-order valence-electron chi connectivity index (χ1n) is 18.7. The van der Waals surface area contributed by atoms with Gasteiger partial charge in [-0.3, -0.25) is 19.7 Å². The molecule has 0 unspecified atom stereocenters. The number of aromatic nitrogens is 6. The Morgan fingerprint density at radius 2 is 1.81 bits per heavy atom. The predicted octanol–water partition coefficient (Wildman–Crippen LogP) is 5.30. The lowest BCUT2D eigenvalue weighted by atomic mass is 10.1. The fourth-order valence-corrected chi connectivity index (χ4v) is 7.26. The highest BCUT2D eigenvalue weighted by Gasteiger charge is 2.35. The summed E-state index contributed by atoms with van der Waals surface area (Å²) in [4.78, 5) is 58.8. The highest BCUT2D eigenvalue weighted by Crippen LogP contribution is 2.37. The number of rotatable bonds is 10. The van der Waals surface area contributed by atoms with E-state index >= 15 is 0 Å². The molecule has 1 N–H and O–H groups in total. The number of benzene rings is 2. The molecule has 8 rings (SSSR count). The Balaban J connectivity index is 1.09. The van der Waals surface area contributed by atoms with Gasteiger partial charge in [-0.25, -0.2) is 9.97 Å². The number of halogens is 3. The molecular weight excluding hydrogens is 759 g/mol. The number of alkyl halides is 3. The third kappa shape index (κ3) is 7.49. The van der Waals surface area contributed by atoms with E-state index in [1.807, 2.05) is 48.2 Å². The van der Waals surface area contributed by atoms with Gasteiger partial charge in [0, 0.05) is 37.6 Å². The summed E-state index contributed by atoms with van der Waals surface area (Å²) in [6.45, 7) is 5.25. The molecule has 2 aromatic carbocycles. The minimum atomic E-state index is -4.66. The predicted molar refractivity (Wildman–Crippen MR) is 206 cm³/mol. The van der Waals surface area contributed by atoms with Crippen LogP contribution in [-0.4, -0.2) is 85.2 Å². The zero-order valence-corrected chi connectivity index (χ0v) is 31.6. The summed E-state index contributed by atoms with van der Waals surface area (Å²) in [5.41, 5.74) is 1.32. The van der Waals surface area contributed by atoms with Gasteiger partial charge >= 0.3 is 6.18 Å². The van der Waals surface area contributed by atoms with Crippen molar-refractivity contribution in [1.82, 2.24) is 34.0 Å². The number of furan rings is 1. The lowest BCUT2D eigenvalue weighted by Gasteiger charge is -2.36. The van der Waals surface area contributed by atoms with E-state index in [0.29, 0.717) is 49.0 Å². The molecule has 0 saturated carbocycles. The molecule has 300 valence electrons. The van der Waals surface area contributed by atoms with Crippen LogP contribution in [0.15, 0.2) is 76.2 Å². The van der Waals surface area contributed by atoms with Crippen molar-refractivity contribution in [3.8, 4) is 5.75 Å². The Labute approximate surface area is 328 Å². The van der Waals surface area contributed by atoms with Crippen molar-refractivity contribution in [3.63, 3.8) is 0 Å². The molecule has 6 aromatic rings. The van der Waals surface area contributed by atoms with E-state index in [1.165, 1.54) is 29.0 Å². The molecule has 0 spiro atoms. The van der Waals surface area contributed by atoms with Crippen molar-refractivity contribution in [2.75, 3.05) is 49.6 Å². The molecule has 2 aliphatic rings. The summed E-state index contributed by atoms with van der Waals surface area (Å²) in [5.74, 6) is -0.421. The largest absolute Gasteiger partial charge is 0.485 e. The van der Waals surface area contributed by atoms with Gasteiger partial charge in [-0.2, -0.15) is 22.7 Å². The van der Waals surface area contributed by atoms with E-state index in [9.17, 15) is 27.6 Å². The van der Waals surface area contributed by atoms with Crippen molar-refractivity contribution >= 4 is 45.7 Å². The quantitative estimate of drug-likeness (QED) is 0.192. The van der Waals surface area contributed by atoms with Crippen LogP contribution in [0.2, 0.25) is 0 Å². The van der Waals surface area contributed by atoms with Gasteiger partial charge in [0.15, 0.2) is 17.3 Å². The van der Waals surface area contributed by atoms with Gasteiger partial charge in [-0.05, 0) is 37.0 Å². The summed E-state index contributed by atoms with van der Waals surface area (Å²) in [6.07, 6.45) is -0.677. The number of carbonyl (C=O) groups excluding carboxylic acids is 2. The Hall–Kier alpha value is -6.56. The third-order valence-corrected chi connectivity index (χ3v) is 10.1. The molecule has 0 bridgehead atoms. The van der Waals surface area contributed by atoms with Crippen molar-refractivity contribution < 1.29 is 36.7 Å². The number of ether oxygens (including phenoxy) is 2. The number of nitrogens with zero attached hydrogens (tertiary/aromatic N) is 8. The van der Waals surface area contributed by atoms with Crippen LogP contribution < -0.4 is 20.5 Å². The lowest BCUT2D eigenvalue weighted by molar-refractivity contribution is -0.136. The number of fused-ring (bicyclic) bond motifs is 2. The Morgan fingerprint density at radius 3 is 2.53 bits per heavy atom. The van der Waals surface area contributed by atoms with Gasteiger partial charge in [0.2, 0.25) is 17.6 Å². The number of nitrogens with one attached hydrogen (secondary N) is 1. The normalized spacial score (nSPS) is 14.9. The van der Waals surface area contributed by atoms with Gasteiger partial charge in [0.25, 0.3) is 11.5 Å². The lowest BCUT2D eigenvalue weighted by Crippen LogP contribution is -2.51. The molecule has 18 heteroatoms. The van der Waals surface area contributed by atoms with Gasteiger partial charge < -0.3 is 28.3 Å². The first kappa shape index (κ1) is 38.3. The van der Waals surface area contributed by atoms with Gasteiger partial charge in [-0.15, -0.1) is 5.10 Å². The third-order valence-electron chi connectivity index (χ3n) is 10.1. The van der Waals surface area contributed by atoms with Crippen LogP contribution in [0.1, 0.15) is 52.2 Å². The van der Waals surface area contributed by atoms with Gasteiger partial charge in [0.1, 0.15) is 30.7 Å². The van der Waals surface area contributed by atoms with E-state index < -0.39 is 28.8 Å². The smallest absolute Gasteiger partial charge is 0.420 e. The van der Waals surface area contributed by atoms with Gasteiger partial charge in [-0.1, -0.05) is 55.5 Å². The monoisotopic (exact) mass is 797 g/mol. The number of hydrogen-bond acceptors (Lipinski definition) is 11. The zero-order valence-electron chi connectivity index (χ0n) is 31.6. The van der Waals surface area contributed by atoms with E-state index in [4.69, 9.17) is 18.9 Å². The maximum Gasteiger partial charge on any atom is 0.420 e. The second kappa shape index (κ2) is 15.8. The second-order valence-corrected chi connectivity index (χ2v) is 13.8. The fourth-order valence-electron chi connectivity index (χ4n) is 7.26. The zero-order chi connectivity index (χ0) is 40.6. The SMILES string of the molecule is CCc1c(N2CCN(C(=O)c3ncnc(C)c3OCc3ccccc3)CC2)c(=O)n2nc(C3=CCOCC3)nc2n1CC(=O)Nc1cc2cccc(C(F)(F)F)c2o1. The van der Waals surface area contributed by atoms with Crippen LogP contribution in [0.25, 0.3) is 22.3 Å². The van der Waals surface area contributed by atoms with E-state index in [1.54, 1.807) is 16.4 Å². The molecule has 2 aliphatic heterocycles. The first-order valence-corrected chi connectivity index (χ1v) is 18.7. The molecule has 6 heterocycles. The number of anilines is 2. The Bertz CT molecular complexity index is 2610. The van der Waals surface area contributed by atoms with Crippen molar-refractivity contribution in [2.45, 2.75) is 46.0 Å². The molecule has 15 nitrogen and oxygen atoms in total. The number of aryl methyl sites for hydroxylation is 1. The molecular formula is C40H38F3N9O6. The summed E-state index contributed by atoms with van der Waals surface area (Å²) < 4.78 is 60.8. The average molecular weight is 798 g/mol. The second-order valence-electron chi connectivity index (χ2n) is 13.8. The highest BCUT2D eigenvalue weighted by atomic mass is 19.4. The summed E-state index contributed by atoms with van der Waals surface area (Å²) in [6, 6.07) is 14.5. The number of carbonyl (C=O) groups is 2.